The molecule has 1 N–H and O–H groups in total. The normalized spacial score (nSPS) is 32.3. The second-order valence-electron chi connectivity index (χ2n) is 14.3. The van der Waals surface area contributed by atoms with Crippen molar-refractivity contribution in [2.24, 2.45) is 43.6 Å². The van der Waals surface area contributed by atoms with Gasteiger partial charge in [-0.3, -0.25) is 9.59 Å². The van der Waals surface area contributed by atoms with Gasteiger partial charge in [-0.25, -0.2) is 4.79 Å². The molecule has 0 aromatic heterocycles. The summed E-state index contributed by atoms with van der Waals surface area (Å²) >= 11 is 0. The molecule has 1 heterocycles. The van der Waals surface area contributed by atoms with E-state index in [2.05, 4.69) is 41.6 Å². The molecule has 0 bridgehead atoms. The number of nitrogens with zero attached hydrogens (tertiary/aromatic N) is 4. The molecule has 4 saturated carbocycles. The number of amides is 2. The van der Waals surface area contributed by atoms with Gasteiger partial charge in [0, 0.05) is 18.4 Å². The number of carbonyl (C=O) groups is 3. The number of esters is 1. The van der Waals surface area contributed by atoms with Crippen LogP contribution in [0.15, 0.2) is 45.9 Å². The standard InChI is InChI=1S/C33H41N5O7/c1-31(2)32(3)14-13-21-18-26(33(21,31)32)45-30(41)25-10-7-15-38(25)29(40)27(20-8-5-4-6-9-20)34-28(39)24(37-44)17-19-11-12-22(35-42)23(16-19)36-43/h7,10-12,16,20-21,24-27H,4-6,8-9,13-15,17-18H2,1-3H3,(H,34,39). The summed E-state index contributed by atoms with van der Waals surface area (Å²) in [5.74, 6) is -1.15. The van der Waals surface area contributed by atoms with Crippen molar-refractivity contribution in [3.8, 4) is 0 Å². The minimum atomic E-state index is -1.40. The highest BCUT2D eigenvalue weighted by Crippen LogP contribution is 2.93. The van der Waals surface area contributed by atoms with Crippen LogP contribution in [0.25, 0.3) is 0 Å². The Balaban J connectivity index is 1.16. The number of rotatable bonds is 11. The van der Waals surface area contributed by atoms with Crippen LogP contribution in [-0.2, 0) is 25.5 Å². The second kappa shape index (κ2) is 11.5. The SMILES string of the molecule is CC1(C)C2(C)CCC3CC(OC(=O)C4C=CCN4C(=O)C(NC(=O)C(Cc4ccc(N=O)c(N=O)c4)N=O)C4CCCCC4)C312. The van der Waals surface area contributed by atoms with Crippen LogP contribution in [0, 0.1) is 42.8 Å². The van der Waals surface area contributed by atoms with E-state index in [1.165, 1.54) is 23.1 Å². The molecule has 4 fully saturated rings. The molecule has 2 amide bonds. The predicted octanol–water partition coefficient (Wildman–Crippen LogP) is 5.75. The largest absolute Gasteiger partial charge is 0.460 e. The van der Waals surface area contributed by atoms with E-state index >= 15 is 0 Å². The molecule has 1 aromatic carbocycles. The van der Waals surface area contributed by atoms with E-state index in [-0.39, 0.29) is 58.5 Å². The Labute approximate surface area is 262 Å². The maximum absolute atomic E-state index is 14.2. The number of nitrogens with one attached hydrogen (secondary N) is 1. The lowest BCUT2D eigenvalue weighted by molar-refractivity contribution is -0.176. The van der Waals surface area contributed by atoms with E-state index in [9.17, 15) is 29.1 Å². The molecule has 0 radical (unpaired) electrons. The molecular weight excluding hydrogens is 578 g/mol. The fraction of sp³-hybridized carbons (Fsp3) is 0.667. The highest BCUT2D eigenvalue weighted by Gasteiger charge is 2.91. The Hall–Kier alpha value is -3.83. The van der Waals surface area contributed by atoms with Gasteiger partial charge in [0.25, 0.3) is 0 Å². The van der Waals surface area contributed by atoms with Crippen molar-refractivity contribution < 1.29 is 19.1 Å². The Morgan fingerprint density at radius 1 is 1.02 bits per heavy atom. The van der Waals surface area contributed by atoms with Crippen LogP contribution >= 0.6 is 0 Å². The van der Waals surface area contributed by atoms with E-state index in [4.69, 9.17) is 4.74 Å². The van der Waals surface area contributed by atoms with Gasteiger partial charge in [0.2, 0.25) is 11.8 Å². The molecule has 4 aliphatic carbocycles. The molecule has 1 aliphatic heterocycles. The summed E-state index contributed by atoms with van der Waals surface area (Å²) in [6.07, 6.45) is 10.6. The van der Waals surface area contributed by atoms with E-state index in [0.717, 1.165) is 51.4 Å². The highest BCUT2D eigenvalue weighted by atomic mass is 16.5. The fourth-order valence-electron chi connectivity index (χ4n) is 9.87. The predicted molar refractivity (Wildman–Crippen MR) is 165 cm³/mol. The third kappa shape index (κ3) is 4.65. The van der Waals surface area contributed by atoms with Crippen molar-refractivity contribution in [1.29, 1.82) is 0 Å². The molecule has 5 aliphatic rings. The lowest BCUT2D eigenvalue weighted by Crippen LogP contribution is -2.57. The molecule has 1 spiro atoms. The van der Waals surface area contributed by atoms with E-state index in [1.807, 2.05) is 0 Å². The van der Waals surface area contributed by atoms with E-state index in [1.54, 1.807) is 12.2 Å². The maximum Gasteiger partial charge on any atom is 0.333 e. The zero-order valence-corrected chi connectivity index (χ0v) is 26.1. The molecule has 0 saturated heterocycles. The molecule has 6 rings (SSSR count). The minimum absolute atomic E-state index is 0.00882. The zero-order valence-electron chi connectivity index (χ0n) is 26.1. The van der Waals surface area contributed by atoms with Crippen molar-refractivity contribution in [1.82, 2.24) is 10.2 Å². The molecule has 12 nitrogen and oxygen atoms in total. The van der Waals surface area contributed by atoms with Crippen LogP contribution in [-0.4, -0.2) is 53.5 Å². The average Bonchev–Trinajstić information content (AvgIpc) is 3.39. The van der Waals surface area contributed by atoms with Gasteiger partial charge in [-0.15, -0.1) is 14.7 Å². The Morgan fingerprint density at radius 3 is 2.40 bits per heavy atom. The van der Waals surface area contributed by atoms with Crippen molar-refractivity contribution in [3.05, 3.63) is 50.6 Å². The van der Waals surface area contributed by atoms with Gasteiger partial charge < -0.3 is 15.0 Å². The molecule has 12 heteroatoms. The summed E-state index contributed by atoms with van der Waals surface area (Å²) in [4.78, 5) is 76.6. The smallest absolute Gasteiger partial charge is 0.333 e. The molecule has 240 valence electrons. The Kier molecular flexibility index (Phi) is 7.97. The summed E-state index contributed by atoms with van der Waals surface area (Å²) in [6, 6.07) is 0.805. The first-order valence-corrected chi connectivity index (χ1v) is 16.1. The number of ether oxygens (including phenoxy) is 1. The quantitative estimate of drug-likeness (QED) is 0.187. The summed E-state index contributed by atoms with van der Waals surface area (Å²) in [5.41, 5.74) is 0.299. The highest BCUT2D eigenvalue weighted by molar-refractivity contribution is 5.93. The number of hydrogen-bond donors (Lipinski definition) is 1. The van der Waals surface area contributed by atoms with Gasteiger partial charge in [-0.05, 0) is 82.8 Å². The second-order valence-corrected chi connectivity index (χ2v) is 14.3. The van der Waals surface area contributed by atoms with Gasteiger partial charge in [0.1, 0.15) is 29.6 Å². The average molecular weight is 620 g/mol. The van der Waals surface area contributed by atoms with Crippen molar-refractivity contribution >= 4 is 29.2 Å². The van der Waals surface area contributed by atoms with Crippen molar-refractivity contribution in [2.45, 2.75) is 103 Å². The molecule has 45 heavy (non-hydrogen) atoms. The fourth-order valence-corrected chi connectivity index (χ4v) is 9.87. The van der Waals surface area contributed by atoms with Gasteiger partial charge in [0.15, 0.2) is 6.04 Å². The number of benzene rings is 1. The third-order valence-corrected chi connectivity index (χ3v) is 12.4. The van der Waals surface area contributed by atoms with Crippen LogP contribution in [0.4, 0.5) is 11.4 Å². The van der Waals surface area contributed by atoms with E-state index in [0.29, 0.717) is 11.5 Å². The summed E-state index contributed by atoms with van der Waals surface area (Å²) in [5, 5.41) is 11.4. The van der Waals surface area contributed by atoms with Gasteiger partial charge >= 0.3 is 5.97 Å². The first kappa shape index (κ1) is 31.2. The first-order valence-electron chi connectivity index (χ1n) is 16.1. The number of carbonyl (C=O) groups excluding carboxylic acids is 3. The summed E-state index contributed by atoms with van der Waals surface area (Å²) in [6.45, 7) is 7.08. The van der Waals surface area contributed by atoms with Crippen molar-refractivity contribution in [2.75, 3.05) is 6.54 Å². The van der Waals surface area contributed by atoms with Crippen LogP contribution in [0.2, 0.25) is 0 Å². The first-order chi connectivity index (χ1) is 21.5. The lowest BCUT2D eigenvalue weighted by Gasteiger charge is -2.46. The third-order valence-electron chi connectivity index (χ3n) is 12.4. The van der Waals surface area contributed by atoms with Gasteiger partial charge in [-0.2, -0.15) is 0 Å². The molecule has 1 aromatic rings. The van der Waals surface area contributed by atoms with E-state index < -0.39 is 30.0 Å². The molecular formula is C33H41N5O7. The summed E-state index contributed by atoms with van der Waals surface area (Å²) in [7, 11) is 0. The molecule has 7 atom stereocenters. The van der Waals surface area contributed by atoms with Gasteiger partial charge in [-0.1, -0.05) is 63.4 Å². The topological polar surface area (TPSA) is 164 Å². The molecule has 7 unspecified atom stereocenters. The Morgan fingerprint density at radius 2 is 1.76 bits per heavy atom. The van der Waals surface area contributed by atoms with Crippen LogP contribution in [0.5, 0.6) is 0 Å². The van der Waals surface area contributed by atoms with Crippen LogP contribution < -0.4 is 5.32 Å². The van der Waals surface area contributed by atoms with Crippen molar-refractivity contribution in [3.63, 3.8) is 0 Å². The van der Waals surface area contributed by atoms with Crippen LogP contribution in [0.3, 0.4) is 0 Å². The minimum Gasteiger partial charge on any atom is -0.460 e. The maximum atomic E-state index is 14.2. The van der Waals surface area contributed by atoms with Gasteiger partial charge in [0.05, 0.1) is 0 Å². The van der Waals surface area contributed by atoms with Crippen LogP contribution in [0.1, 0.15) is 77.7 Å². The monoisotopic (exact) mass is 619 g/mol. The lowest BCUT2D eigenvalue weighted by atomic mass is 9.64. The Bertz CT molecular complexity index is 1450. The number of hydrogen-bond acceptors (Lipinski definition) is 10. The summed E-state index contributed by atoms with van der Waals surface area (Å²) < 4.78 is 6.19. The zero-order chi connectivity index (χ0) is 32.1. The number of nitroso groups, excluding NO2 is 3.